The number of aliphatic hydroxyl groups excluding tert-OH is 1. The normalized spacial score (nSPS) is 22.9. The van der Waals surface area contributed by atoms with Gasteiger partial charge in [-0.05, 0) is 111 Å². The number of nitrogens with one attached hydrogen (secondary N) is 2. The molecule has 3 saturated heterocycles. The van der Waals surface area contributed by atoms with Crippen molar-refractivity contribution in [1.29, 1.82) is 0 Å². The molecule has 19 heteroatoms. The van der Waals surface area contributed by atoms with Gasteiger partial charge in [-0.15, -0.1) is 12.4 Å². The van der Waals surface area contributed by atoms with Gasteiger partial charge in [-0.25, -0.2) is 9.97 Å². The number of fused-ring (bicyclic) bond motifs is 4. The Kier molecular flexibility index (Phi) is 12.6. The van der Waals surface area contributed by atoms with E-state index in [4.69, 9.17) is 4.98 Å². The van der Waals surface area contributed by atoms with Crippen LogP contribution < -0.4 is 30.9 Å². The molecule has 5 aromatic rings. The number of rotatable bonds is 9. The molecule has 6 aliphatic rings. The maximum atomic E-state index is 14.0. The predicted octanol–water partition coefficient (Wildman–Crippen LogP) is 5.06. The lowest BCUT2D eigenvalue weighted by molar-refractivity contribution is -0.136. The van der Waals surface area contributed by atoms with Gasteiger partial charge in [0.25, 0.3) is 23.3 Å². The first kappa shape index (κ1) is 48.7. The van der Waals surface area contributed by atoms with Gasteiger partial charge in [0, 0.05) is 106 Å². The van der Waals surface area contributed by atoms with E-state index < -0.39 is 29.7 Å². The zero-order valence-electron chi connectivity index (χ0n) is 41.2. The lowest BCUT2D eigenvalue weighted by Crippen LogP contribution is -2.58. The average molecular weight is 999 g/mol. The first-order valence-corrected chi connectivity index (χ1v) is 24.8. The predicted molar refractivity (Wildman–Crippen MR) is 274 cm³/mol. The van der Waals surface area contributed by atoms with Gasteiger partial charge in [-0.1, -0.05) is 13.8 Å². The first-order valence-electron chi connectivity index (χ1n) is 24.8. The summed E-state index contributed by atoms with van der Waals surface area (Å²) in [6.07, 6.45) is 9.14. The molecule has 4 atom stereocenters. The molecular weight excluding hydrogens is 938 g/mol. The number of carbonyl (C=O) groups excluding carboxylic acids is 5. The van der Waals surface area contributed by atoms with Gasteiger partial charge in [0.15, 0.2) is 0 Å². The maximum absolute atomic E-state index is 14.0. The third-order valence-corrected chi connectivity index (χ3v) is 15.7. The largest absolute Gasteiger partial charge is 0.392 e. The summed E-state index contributed by atoms with van der Waals surface area (Å²) in [5.74, 6) is -1.24. The van der Waals surface area contributed by atoms with Gasteiger partial charge < -0.3 is 29.4 Å². The number of benzene rings is 1. The molecule has 3 fully saturated rings. The van der Waals surface area contributed by atoms with Crippen molar-refractivity contribution in [2.75, 3.05) is 52.7 Å². The average Bonchev–Trinajstić information content (AvgIpc) is 3.94. The molecule has 0 bridgehead atoms. The number of hydrogen-bond donors (Lipinski definition) is 3. The van der Waals surface area contributed by atoms with E-state index in [1.54, 1.807) is 48.6 Å². The fourth-order valence-corrected chi connectivity index (χ4v) is 12.2. The Balaban J connectivity index is 0.00000596. The van der Waals surface area contributed by atoms with Crippen LogP contribution in [-0.2, 0) is 42.6 Å². The molecule has 5 aliphatic heterocycles. The number of hydrogen-bond acceptors (Lipinski definition) is 13. The molecule has 18 nitrogen and oxygen atoms in total. The molecule has 4 aromatic heterocycles. The molecule has 0 spiro atoms. The molecule has 376 valence electrons. The minimum atomic E-state index is -0.998. The standard InChI is InChI=1S/C53H59N11O7.ClH/c1-30-20-34(13-15-60(30)35-6-8-38-39(23-35)50(69)64(49(38)68)42-9-11-46(66)57-48(42)67)59-16-17-61(31(2)27-59)36-7-10-45(55-26-36)56-41-21-33(28-58(5)51(41)70)37-12-14-54-47(40(37)29-65)63-19-18-62-43(52(63)71)22-32-24-53(3,4)25-44(32)62;/h6-8,10,12,14,21-23,26,28,30-31,34,42,65H,9,11,13,15-20,24-25,27,29H2,1-5H3,(H,55,56)(H,57,66,67);1H/t30-,31-,34+,42?;/m0./s1. The highest BCUT2D eigenvalue weighted by Gasteiger charge is 2.45. The highest BCUT2D eigenvalue weighted by Crippen LogP contribution is 2.41. The van der Waals surface area contributed by atoms with Crippen LogP contribution in [0.25, 0.3) is 11.1 Å². The molecule has 1 unspecified atom stereocenters. The number of aliphatic hydroxyl groups is 1. The Hall–Kier alpha value is -6.89. The summed E-state index contributed by atoms with van der Waals surface area (Å²) in [6, 6.07) is 14.6. The smallest absolute Gasteiger partial charge is 0.276 e. The van der Waals surface area contributed by atoms with Crippen LogP contribution in [0.1, 0.15) is 101 Å². The first-order chi connectivity index (χ1) is 34.1. The van der Waals surface area contributed by atoms with Crippen molar-refractivity contribution >= 4 is 70.6 Å². The number of nitrogens with zero attached hydrogens (tertiary/aromatic N) is 9. The molecule has 72 heavy (non-hydrogen) atoms. The number of piperidine rings is 2. The zero-order chi connectivity index (χ0) is 49.6. The highest BCUT2D eigenvalue weighted by atomic mass is 35.5. The van der Waals surface area contributed by atoms with Crippen molar-refractivity contribution in [3.05, 3.63) is 111 Å². The third kappa shape index (κ3) is 8.41. The number of amides is 5. The van der Waals surface area contributed by atoms with Crippen LogP contribution in [0.3, 0.4) is 0 Å². The Morgan fingerprint density at radius 2 is 1.58 bits per heavy atom. The molecule has 5 amide bonds. The molecule has 0 saturated carbocycles. The van der Waals surface area contributed by atoms with Gasteiger partial charge in [0.1, 0.15) is 29.1 Å². The van der Waals surface area contributed by atoms with Crippen LogP contribution in [0.2, 0.25) is 0 Å². The quantitative estimate of drug-likeness (QED) is 0.166. The monoisotopic (exact) mass is 997 g/mol. The van der Waals surface area contributed by atoms with E-state index in [1.165, 1.54) is 15.8 Å². The third-order valence-electron chi connectivity index (χ3n) is 15.7. The fraction of sp³-hybridized carbons (Fsp3) is 0.434. The lowest BCUT2D eigenvalue weighted by atomic mass is 9.90. The summed E-state index contributed by atoms with van der Waals surface area (Å²) < 4.78 is 3.66. The summed E-state index contributed by atoms with van der Waals surface area (Å²) in [4.78, 5) is 98.0. The molecule has 1 aliphatic carbocycles. The SMILES string of the molecule is C[C@H]1C[C@H](N2CCN(c3ccc(Nc4cc(-c5ccnc(N6CCn7c(cc8c7CC(C)(C)C8)C6=O)c5CO)cn(C)c4=O)nc3)[C@@H](C)C2)CCN1c1ccc2c(c1)C(=O)N(C1CCC(=O)NC1=O)C2=O.Cl. The second-order valence-corrected chi connectivity index (χ2v) is 21.0. The van der Waals surface area contributed by atoms with Crippen molar-refractivity contribution in [2.24, 2.45) is 12.5 Å². The molecule has 3 N–H and O–H groups in total. The minimum Gasteiger partial charge on any atom is -0.392 e. The summed E-state index contributed by atoms with van der Waals surface area (Å²) in [6.45, 7) is 13.0. The second-order valence-electron chi connectivity index (χ2n) is 21.0. The number of halogens is 1. The maximum Gasteiger partial charge on any atom is 0.276 e. The van der Waals surface area contributed by atoms with Crippen molar-refractivity contribution in [1.82, 2.24) is 34.2 Å². The summed E-state index contributed by atoms with van der Waals surface area (Å²) in [5, 5.41) is 16.3. The van der Waals surface area contributed by atoms with Crippen LogP contribution >= 0.6 is 12.4 Å². The van der Waals surface area contributed by atoms with Crippen LogP contribution in [-0.4, -0.2) is 120 Å². The van der Waals surface area contributed by atoms with Gasteiger partial charge in [-0.2, -0.15) is 0 Å². The molecule has 1 aromatic carbocycles. The summed E-state index contributed by atoms with van der Waals surface area (Å²) >= 11 is 0. The van der Waals surface area contributed by atoms with E-state index in [2.05, 4.69) is 62.6 Å². The molecular formula is C53H60ClN11O7. The van der Waals surface area contributed by atoms with Crippen LogP contribution in [0, 0.1) is 5.41 Å². The topological polar surface area (TPSA) is 199 Å². The Morgan fingerprint density at radius 1 is 0.806 bits per heavy atom. The highest BCUT2D eigenvalue weighted by molar-refractivity contribution is 6.23. The lowest BCUT2D eigenvalue weighted by Gasteiger charge is -2.48. The number of imide groups is 2. The number of pyridine rings is 3. The minimum absolute atomic E-state index is 0. The van der Waals surface area contributed by atoms with E-state index in [-0.39, 0.29) is 71.9 Å². The van der Waals surface area contributed by atoms with E-state index in [0.717, 1.165) is 68.1 Å². The number of anilines is 5. The van der Waals surface area contributed by atoms with Crippen molar-refractivity contribution in [2.45, 2.75) is 104 Å². The molecule has 0 radical (unpaired) electrons. The van der Waals surface area contributed by atoms with E-state index >= 15 is 0 Å². The van der Waals surface area contributed by atoms with Crippen LogP contribution in [0.15, 0.2) is 71.9 Å². The molecule has 9 heterocycles. The number of carbonyl (C=O) groups is 5. The van der Waals surface area contributed by atoms with Crippen LogP contribution in [0.5, 0.6) is 0 Å². The number of aromatic nitrogens is 4. The van der Waals surface area contributed by atoms with Gasteiger partial charge >= 0.3 is 0 Å². The van der Waals surface area contributed by atoms with Crippen molar-refractivity contribution < 1.29 is 29.1 Å². The Bertz CT molecular complexity index is 3110. The Labute approximate surface area is 423 Å². The van der Waals surface area contributed by atoms with Gasteiger partial charge in [-0.3, -0.25) is 48.8 Å². The Morgan fingerprint density at radius 3 is 2.32 bits per heavy atom. The van der Waals surface area contributed by atoms with Gasteiger partial charge in [0.05, 0.1) is 29.6 Å². The summed E-state index contributed by atoms with van der Waals surface area (Å²) in [5.41, 5.74) is 7.64. The number of aryl methyl sites for hydroxylation is 1. The van der Waals surface area contributed by atoms with E-state index in [1.807, 2.05) is 30.5 Å². The second kappa shape index (κ2) is 18.6. The summed E-state index contributed by atoms with van der Waals surface area (Å²) in [7, 11) is 1.69. The van der Waals surface area contributed by atoms with Crippen LogP contribution in [0.4, 0.5) is 28.7 Å². The molecule has 11 rings (SSSR count). The van der Waals surface area contributed by atoms with Crippen molar-refractivity contribution in [3.8, 4) is 11.1 Å². The van der Waals surface area contributed by atoms with Crippen molar-refractivity contribution in [3.63, 3.8) is 0 Å². The fourth-order valence-electron chi connectivity index (χ4n) is 12.2. The van der Waals surface area contributed by atoms with E-state index in [0.29, 0.717) is 58.8 Å². The number of piperazine rings is 1. The zero-order valence-corrected chi connectivity index (χ0v) is 42.0. The van der Waals surface area contributed by atoms with E-state index in [9.17, 15) is 33.9 Å². The van der Waals surface area contributed by atoms with Gasteiger partial charge in [0.2, 0.25) is 11.8 Å².